The van der Waals surface area contributed by atoms with Crippen molar-refractivity contribution in [2.45, 2.75) is 69.2 Å². The summed E-state index contributed by atoms with van der Waals surface area (Å²) >= 11 is 36.7. The predicted octanol–water partition coefficient (Wildman–Crippen LogP) is 5.87. The summed E-state index contributed by atoms with van der Waals surface area (Å²) < 4.78 is 0. The number of rotatable bonds is 0. The molecule has 2 rings (SSSR count). The molecule has 0 aliphatic heterocycles. The fourth-order valence-corrected chi connectivity index (χ4v) is 2.81. The van der Waals surface area contributed by atoms with Crippen molar-refractivity contribution in [3.05, 3.63) is 55.6 Å². The van der Waals surface area contributed by atoms with Crippen LogP contribution in [0.3, 0.4) is 0 Å². The van der Waals surface area contributed by atoms with E-state index in [1.165, 1.54) is 55.6 Å². The van der Waals surface area contributed by atoms with Crippen LogP contribution in [-0.2, 0) is 159 Å². The summed E-state index contributed by atoms with van der Waals surface area (Å²) in [6.07, 6.45) is 0. The number of hydrogen-bond donors (Lipinski definition) is 0. The molecule has 198 valence electrons. The molecule has 0 aromatic heterocycles. The molecule has 0 fully saturated rings. The minimum atomic E-state index is 0. The van der Waals surface area contributed by atoms with Crippen molar-refractivity contribution >= 4 is 117 Å². The second-order valence-corrected chi connectivity index (χ2v) is 6.25. The maximum atomic E-state index is 3.67. The van der Waals surface area contributed by atoms with E-state index in [2.05, 4.69) is 186 Å². The Kier molecular flexibility index (Phi) is 56.3. The van der Waals surface area contributed by atoms with Gasteiger partial charge in [0, 0.05) is 42.1 Å². The van der Waals surface area contributed by atoms with Gasteiger partial charge in [-0.2, -0.15) is 27.8 Å². The third-order valence-electron chi connectivity index (χ3n) is 5.62. The van der Waals surface area contributed by atoms with E-state index in [0.717, 1.165) is 0 Å². The zero-order chi connectivity index (χ0) is 25.8. The molecule has 0 aliphatic rings. The molecule has 0 bridgehead atoms. The van der Waals surface area contributed by atoms with Crippen molar-refractivity contribution in [3.63, 3.8) is 0 Å². The molecule has 0 spiro atoms. The van der Waals surface area contributed by atoms with Gasteiger partial charge in [-0.1, -0.05) is 34.6 Å². The molecule has 2 aromatic carbocycles. The van der Waals surface area contributed by atoms with Crippen LogP contribution in [-0.4, -0.2) is 0 Å². The predicted molar refractivity (Wildman–Crippen MR) is 165 cm³/mol. The molecule has 0 N–H and O–H groups in total. The van der Waals surface area contributed by atoms with Crippen LogP contribution >= 0.6 is 0 Å². The van der Waals surface area contributed by atoms with Crippen LogP contribution in [0.5, 0.6) is 0 Å². The summed E-state index contributed by atoms with van der Waals surface area (Å²) in [6, 6.07) is 0. The van der Waals surface area contributed by atoms with Crippen LogP contribution in [0.15, 0.2) is 0 Å². The molecule has 0 amide bonds. The van der Waals surface area contributed by atoms with E-state index < -0.39 is 0 Å². The molecule has 0 unspecified atom stereocenters. The van der Waals surface area contributed by atoms with Gasteiger partial charge in [0.25, 0.3) is 0 Å². The van der Waals surface area contributed by atoms with Gasteiger partial charge in [0.15, 0.2) is 0 Å². The van der Waals surface area contributed by atoms with Crippen LogP contribution in [0.1, 0.15) is 55.6 Å². The van der Waals surface area contributed by atoms with Crippen molar-refractivity contribution in [1.82, 2.24) is 0 Å². The summed E-state index contributed by atoms with van der Waals surface area (Å²) in [7, 11) is 0. The third kappa shape index (κ3) is 18.8. The summed E-state index contributed by atoms with van der Waals surface area (Å²) in [6.45, 7) is 22.0. The minimum absolute atomic E-state index is 0. The molecule has 0 radical (unpaired) electrons. The summed E-state index contributed by atoms with van der Waals surface area (Å²) in [5, 5.41) is 0. The SMILES string of the molecule is C[c-]1[c-](C)[c-](C)[c-](C)[c-]1C.Cc1c(C)c(C)[c-](C)c1C.[Mo].[Mo].[S-][S-].[S-][S-].[S-][S-].[S-][S-].[S-][S-]. The van der Waals surface area contributed by atoms with Gasteiger partial charge in [-0.15, -0.1) is 0 Å². The van der Waals surface area contributed by atoms with E-state index in [0.29, 0.717) is 0 Å². The molecule has 32 heavy (non-hydrogen) atoms. The Morgan fingerprint density at radius 3 is 0.562 bits per heavy atom. The van der Waals surface area contributed by atoms with E-state index in [1.807, 2.05) is 0 Å². The summed E-state index contributed by atoms with van der Waals surface area (Å²) in [4.78, 5) is 0. The second kappa shape index (κ2) is 34.6. The molecular weight excluding hydrogens is 753 g/mol. The van der Waals surface area contributed by atoms with E-state index in [1.54, 1.807) is 0 Å². The summed E-state index contributed by atoms with van der Waals surface area (Å²) in [5.74, 6) is 0. The van der Waals surface area contributed by atoms with Crippen molar-refractivity contribution in [3.8, 4) is 0 Å². The average Bonchev–Trinajstić information content (AvgIpc) is 3.10. The monoisotopic (exact) mass is 786 g/mol. The van der Waals surface area contributed by atoms with Crippen LogP contribution < -0.4 is 0 Å². The van der Waals surface area contributed by atoms with Crippen LogP contribution in [0.2, 0.25) is 0 Å². The standard InChI is InChI=1S/2C10H15.2Mo.5S2/c2*1-6-7(2)9(4)10(5)8(6)3;;;5*1-2/h2*1-5H3;;;;;;;/q-5;-1;;;5*-2. The molecule has 0 heterocycles. The first-order valence-electron chi connectivity index (χ1n) is 8.33. The van der Waals surface area contributed by atoms with Crippen LogP contribution in [0, 0.1) is 69.2 Å². The van der Waals surface area contributed by atoms with Gasteiger partial charge in [-0.3, -0.25) is 0 Å². The maximum absolute atomic E-state index is 3.67. The Morgan fingerprint density at radius 2 is 0.500 bits per heavy atom. The summed E-state index contributed by atoms with van der Waals surface area (Å²) in [5.41, 5.74) is 14.7. The minimum Gasteiger partial charge on any atom is -1.00 e. The first-order chi connectivity index (χ1) is 14.1. The Labute approximate surface area is 279 Å². The molecule has 0 aliphatic carbocycles. The second-order valence-electron chi connectivity index (χ2n) is 6.25. The average molecular weight is 783 g/mol. The van der Waals surface area contributed by atoms with Gasteiger partial charge >= 0.3 is 0 Å². The van der Waals surface area contributed by atoms with Crippen molar-refractivity contribution < 1.29 is 42.1 Å². The third-order valence-corrected chi connectivity index (χ3v) is 5.62. The first-order valence-corrected chi connectivity index (χ1v) is 15.0. The van der Waals surface area contributed by atoms with Crippen LogP contribution in [0.4, 0.5) is 0 Å². The zero-order valence-electron chi connectivity index (χ0n) is 19.9. The molecule has 0 saturated carbocycles. The normalized spacial score (nSPS) is 7.50. The van der Waals surface area contributed by atoms with Gasteiger partial charge in [-0.25, -0.2) is 34.6 Å². The molecule has 0 atom stereocenters. The Bertz CT molecular complexity index is 437. The largest absolute Gasteiger partial charge is 1.00 e. The smallest absolute Gasteiger partial charge is 0 e. The fraction of sp³-hybridized carbons (Fsp3) is 0.500. The van der Waals surface area contributed by atoms with E-state index >= 15 is 0 Å². The Morgan fingerprint density at radius 1 is 0.375 bits per heavy atom. The Balaban J connectivity index is -0.0000000538. The van der Waals surface area contributed by atoms with E-state index in [-0.39, 0.29) is 42.1 Å². The number of hydrogen-bond acceptors (Lipinski definition) is 10. The Hall–Kier alpha value is 3.58. The molecule has 12 heteroatoms. The quantitative estimate of drug-likeness (QED) is 0.137. The molecular formula is C20H30Mo2S10-16. The van der Waals surface area contributed by atoms with Crippen molar-refractivity contribution in [2.75, 3.05) is 0 Å². The van der Waals surface area contributed by atoms with Gasteiger partial charge in [0.05, 0.1) is 0 Å². The van der Waals surface area contributed by atoms with Gasteiger partial charge < -0.3 is 144 Å². The molecule has 0 saturated heterocycles. The molecule has 2 aromatic rings. The first kappa shape index (κ1) is 52.1. The van der Waals surface area contributed by atoms with E-state index in [4.69, 9.17) is 0 Å². The van der Waals surface area contributed by atoms with Crippen molar-refractivity contribution in [1.29, 1.82) is 0 Å². The fourth-order valence-electron chi connectivity index (χ4n) is 2.81. The topological polar surface area (TPSA) is 0 Å². The maximum Gasteiger partial charge on any atom is 0 e. The van der Waals surface area contributed by atoms with Gasteiger partial charge in [-0.05, 0) is 0 Å². The zero-order valence-corrected chi connectivity index (χ0v) is 32.1. The van der Waals surface area contributed by atoms with Crippen molar-refractivity contribution in [2.24, 2.45) is 0 Å². The molecule has 0 nitrogen and oxygen atoms in total. The van der Waals surface area contributed by atoms with Gasteiger partial charge in [0.1, 0.15) is 0 Å². The van der Waals surface area contributed by atoms with Crippen LogP contribution in [0.25, 0.3) is 0 Å². The van der Waals surface area contributed by atoms with Gasteiger partial charge in [0.2, 0.25) is 0 Å². The van der Waals surface area contributed by atoms with E-state index in [9.17, 15) is 0 Å².